The van der Waals surface area contributed by atoms with E-state index < -0.39 is 24.0 Å². The Labute approximate surface area is 230 Å². The van der Waals surface area contributed by atoms with Crippen molar-refractivity contribution in [1.29, 1.82) is 0 Å². The summed E-state index contributed by atoms with van der Waals surface area (Å²) in [6, 6.07) is 27.6. The van der Waals surface area contributed by atoms with Crippen LogP contribution in [0.3, 0.4) is 0 Å². The number of esters is 1. The Kier molecular flexibility index (Phi) is 7.96. The fourth-order valence-corrected chi connectivity index (χ4v) is 6.06. The van der Waals surface area contributed by atoms with Gasteiger partial charge in [-0.3, -0.25) is 4.79 Å². The molecule has 0 aliphatic carbocycles. The normalized spacial score (nSPS) is 20.1. The molecule has 3 aromatic carbocycles. The highest BCUT2D eigenvalue weighted by Crippen LogP contribution is 2.39. The van der Waals surface area contributed by atoms with Gasteiger partial charge in [-0.2, -0.15) is 0 Å². The lowest BCUT2D eigenvalue weighted by Gasteiger charge is -2.47. The number of likely N-dealkylation sites (tertiary alicyclic amines) is 1. The minimum atomic E-state index is -0.856. The number of amides is 3. The lowest BCUT2D eigenvalue weighted by atomic mass is 9.88. The van der Waals surface area contributed by atoms with Crippen molar-refractivity contribution < 1.29 is 19.1 Å². The number of carbonyl (C=O) groups excluding carboxylic acids is 3. The molecule has 0 N–H and O–H groups in total. The third-order valence-corrected chi connectivity index (χ3v) is 7.78. The highest BCUT2D eigenvalue weighted by Gasteiger charge is 2.54. The van der Waals surface area contributed by atoms with Crippen molar-refractivity contribution in [3.63, 3.8) is 0 Å². The van der Waals surface area contributed by atoms with Crippen molar-refractivity contribution >= 4 is 17.9 Å². The highest BCUT2D eigenvalue weighted by molar-refractivity contribution is 5.91. The molecule has 0 spiro atoms. The lowest BCUT2D eigenvalue weighted by Crippen LogP contribution is -2.67. The monoisotopic (exact) mass is 525 g/mol. The van der Waals surface area contributed by atoms with E-state index in [1.165, 1.54) is 0 Å². The molecule has 39 heavy (non-hydrogen) atoms. The van der Waals surface area contributed by atoms with Gasteiger partial charge in [-0.15, -0.1) is 0 Å². The molecule has 5 rings (SSSR count). The van der Waals surface area contributed by atoms with E-state index >= 15 is 0 Å². The van der Waals surface area contributed by atoms with E-state index in [1.807, 2.05) is 95.9 Å². The molecule has 2 fully saturated rings. The van der Waals surface area contributed by atoms with Gasteiger partial charge in [-0.1, -0.05) is 91.0 Å². The Morgan fingerprint density at radius 3 is 2.00 bits per heavy atom. The van der Waals surface area contributed by atoms with Crippen molar-refractivity contribution in [2.75, 3.05) is 20.2 Å². The largest absolute Gasteiger partial charge is 0.464 e. The smallest absolute Gasteiger partial charge is 0.331 e. The molecule has 0 radical (unpaired) electrons. The Morgan fingerprint density at radius 1 is 0.872 bits per heavy atom. The summed E-state index contributed by atoms with van der Waals surface area (Å²) in [6.07, 6.45) is 1.37. The maximum absolute atomic E-state index is 14.4. The Morgan fingerprint density at radius 2 is 1.44 bits per heavy atom. The summed E-state index contributed by atoms with van der Waals surface area (Å²) in [5, 5.41) is 0. The first-order valence-electron chi connectivity index (χ1n) is 13.6. The van der Waals surface area contributed by atoms with Crippen molar-refractivity contribution in [2.45, 2.75) is 50.4 Å². The highest BCUT2D eigenvalue weighted by atomic mass is 16.5. The van der Waals surface area contributed by atoms with E-state index in [9.17, 15) is 14.4 Å². The Hall–Kier alpha value is -4.13. The van der Waals surface area contributed by atoms with Gasteiger partial charge in [0.25, 0.3) is 0 Å². The number of hydrogen-bond donors (Lipinski definition) is 0. The molecular weight excluding hydrogens is 490 g/mol. The SMILES string of the molecule is CCOC(=O)[C@H]1[C@H]2CC[C@@H](CN1C(=O)N(C)Cc1ccccc1)N2C(=O)C(c1ccccc1)c1ccccc1. The third-order valence-electron chi connectivity index (χ3n) is 7.78. The molecule has 2 aliphatic rings. The third kappa shape index (κ3) is 5.39. The van der Waals surface area contributed by atoms with E-state index in [0.29, 0.717) is 19.5 Å². The van der Waals surface area contributed by atoms with E-state index in [4.69, 9.17) is 4.74 Å². The zero-order valence-corrected chi connectivity index (χ0v) is 22.5. The number of hydrogen-bond acceptors (Lipinski definition) is 4. The standard InChI is InChI=1S/C32H35N3O4/c1-3-39-31(37)29-27-20-19-26(22-34(29)32(38)33(2)21-23-13-7-4-8-14-23)35(27)30(36)28(24-15-9-5-10-16-24)25-17-11-6-12-18-25/h4-18,26-29H,3,19-22H2,1-2H3/t26-,27+,29+/m0/s1. The predicted octanol–water partition coefficient (Wildman–Crippen LogP) is 4.68. The van der Waals surface area contributed by atoms with E-state index in [1.54, 1.807) is 23.8 Å². The van der Waals surface area contributed by atoms with Crippen LogP contribution in [0.1, 0.15) is 42.4 Å². The van der Waals surface area contributed by atoms with Gasteiger partial charge in [0.1, 0.15) is 0 Å². The number of urea groups is 1. The first kappa shape index (κ1) is 26.5. The van der Waals surface area contributed by atoms with Crippen LogP contribution < -0.4 is 0 Å². The minimum Gasteiger partial charge on any atom is -0.464 e. The maximum atomic E-state index is 14.4. The van der Waals surface area contributed by atoms with E-state index in [2.05, 4.69) is 0 Å². The second-order valence-corrected chi connectivity index (χ2v) is 10.3. The molecule has 202 valence electrons. The van der Waals surface area contributed by atoms with Gasteiger partial charge in [-0.05, 0) is 36.5 Å². The zero-order chi connectivity index (χ0) is 27.4. The molecule has 2 saturated heterocycles. The van der Waals surface area contributed by atoms with Crippen molar-refractivity contribution in [3.05, 3.63) is 108 Å². The molecule has 2 heterocycles. The number of benzene rings is 3. The first-order valence-corrected chi connectivity index (χ1v) is 13.6. The van der Waals surface area contributed by atoms with Crippen LogP contribution in [0.4, 0.5) is 4.79 Å². The second kappa shape index (κ2) is 11.7. The van der Waals surface area contributed by atoms with Gasteiger partial charge in [0.05, 0.1) is 18.6 Å². The topological polar surface area (TPSA) is 70.2 Å². The van der Waals surface area contributed by atoms with Gasteiger partial charge >= 0.3 is 12.0 Å². The molecule has 2 aliphatic heterocycles. The minimum absolute atomic E-state index is 0.0427. The fraction of sp³-hybridized carbons (Fsp3) is 0.344. The maximum Gasteiger partial charge on any atom is 0.331 e. The number of rotatable bonds is 7. The van der Waals surface area contributed by atoms with E-state index in [0.717, 1.165) is 23.1 Å². The molecule has 0 unspecified atom stereocenters. The Balaban J connectivity index is 1.46. The van der Waals surface area contributed by atoms with Crippen LogP contribution in [-0.2, 0) is 20.9 Å². The number of carbonyl (C=O) groups is 3. The number of ether oxygens (including phenoxy) is 1. The summed E-state index contributed by atoms with van der Waals surface area (Å²) in [4.78, 5) is 46.7. The van der Waals surface area contributed by atoms with Crippen LogP contribution >= 0.6 is 0 Å². The molecule has 2 bridgehead atoms. The number of nitrogens with zero attached hydrogens (tertiary/aromatic N) is 3. The summed E-state index contributed by atoms with van der Waals surface area (Å²) in [7, 11) is 1.75. The van der Waals surface area contributed by atoms with Crippen molar-refractivity contribution in [3.8, 4) is 0 Å². The summed E-state index contributed by atoms with van der Waals surface area (Å²) in [6.45, 7) is 2.68. The van der Waals surface area contributed by atoms with Gasteiger partial charge < -0.3 is 19.4 Å². The molecule has 3 aromatic rings. The summed E-state index contributed by atoms with van der Waals surface area (Å²) in [5.74, 6) is -1.00. The van der Waals surface area contributed by atoms with Crippen LogP contribution in [0.2, 0.25) is 0 Å². The predicted molar refractivity (Wildman–Crippen MR) is 149 cm³/mol. The van der Waals surface area contributed by atoms with Crippen molar-refractivity contribution in [2.24, 2.45) is 0 Å². The number of fused-ring (bicyclic) bond motifs is 2. The van der Waals surface area contributed by atoms with Crippen LogP contribution in [0.5, 0.6) is 0 Å². The zero-order valence-electron chi connectivity index (χ0n) is 22.5. The molecule has 3 atom stereocenters. The summed E-state index contributed by atoms with van der Waals surface area (Å²) in [5.41, 5.74) is 2.81. The molecular formula is C32H35N3O4. The van der Waals surface area contributed by atoms with Crippen LogP contribution in [-0.4, -0.2) is 70.9 Å². The fourth-order valence-electron chi connectivity index (χ4n) is 6.06. The first-order chi connectivity index (χ1) is 19.0. The quantitative estimate of drug-likeness (QED) is 0.420. The average Bonchev–Trinajstić information content (AvgIpc) is 3.27. The average molecular weight is 526 g/mol. The molecule has 3 amide bonds. The number of piperazine rings is 1. The second-order valence-electron chi connectivity index (χ2n) is 10.3. The van der Waals surface area contributed by atoms with Crippen LogP contribution in [0.25, 0.3) is 0 Å². The van der Waals surface area contributed by atoms with Crippen LogP contribution in [0.15, 0.2) is 91.0 Å². The summed E-state index contributed by atoms with van der Waals surface area (Å²) >= 11 is 0. The summed E-state index contributed by atoms with van der Waals surface area (Å²) < 4.78 is 5.48. The van der Waals surface area contributed by atoms with Gasteiger partial charge in [-0.25, -0.2) is 9.59 Å². The van der Waals surface area contributed by atoms with Gasteiger partial charge in [0.2, 0.25) is 5.91 Å². The molecule has 0 aromatic heterocycles. The molecule has 0 saturated carbocycles. The Bertz CT molecular complexity index is 1250. The molecule has 7 nitrogen and oxygen atoms in total. The van der Waals surface area contributed by atoms with Crippen molar-refractivity contribution in [1.82, 2.24) is 14.7 Å². The molecule has 7 heteroatoms. The van der Waals surface area contributed by atoms with Gasteiger partial charge in [0.15, 0.2) is 6.04 Å². The van der Waals surface area contributed by atoms with Gasteiger partial charge in [0, 0.05) is 26.2 Å². The van der Waals surface area contributed by atoms with E-state index in [-0.39, 0.29) is 24.6 Å². The van der Waals surface area contributed by atoms with Crippen LogP contribution in [0, 0.1) is 0 Å². The lowest BCUT2D eigenvalue weighted by molar-refractivity contribution is -0.156.